The van der Waals surface area contributed by atoms with Gasteiger partial charge < -0.3 is 20.1 Å². The number of hydrogen-bond donors (Lipinski definition) is 2. The van der Waals surface area contributed by atoms with Crippen LogP contribution in [-0.2, 0) is 17.7 Å². The number of benzene rings is 1. The second-order valence-corrected chi connectivity index (χ2v) is 5.22. The zero-order valence-corrected chi connectivity index (χ0v) is 11.3. The third-order valence-corrected chi connectivity index (χ3v) is 3.68. The summed E-state index contributed by atoms with van der Waals surface area (Å²) in [6.45, 7) is 5.40. The first-order chi connectivity index (χ1) is 9.42. The average Bonchev–Trinajstić information content (AvgIpc) is 2.48. The number of aryl methyl sites for hydroxylation is 1. The van der Waals surface area contributed by atoms with Gasteiger partial charge in [-0.3, -0.25) is 0 Å². The molecular weight excluding hydrogens is 240 g/mol. The van der Waals surface area contributed by atoms with Crippen molar-refractivity contribution in [3.8, 4) is 5.75 Å². The Hall–Kier alpha value is -1.10. The summed E-state index contributed by atoms with van der Waals surface area (Å²) in [5, 5.41) is 6.82. The van der Waals surface area contributed by atoms with Crippen LogP contribution in [0, 0.1) is 0 Å². The molecule has 4 heteroatoms. The first-order valence-electron chi connectivity index (χ1n) is 7.19. The highest BCUT2D eigenvalue weighted by atomic mass is 16.5. The van der Waals surface area contributed by atoms with Crippen LogP contribution in [0.25, 0.3) is 0 Å². The van der Waals surface area contributed by atoms with Crippen molar-refractivity contribution in [2.45, 2.75) is 25.5 Å². The van der Waals surface area contributed by atoms with Crippen LogP contribution < -0.4 is 15.4 Å². The van der Waals surface area contributed by atoms with Crippen LogP contribution in [-0.4, -0.2) is 39.0 Å². The van der Waals surface area contributed by atoms with Crippen molar-refractivity contribution in [1.29, 1.82) is 0 Å². The number of ether oxygens (including phenoxy) is 2. The molecule has 2 N–H and O–H groups in total. The summed E-state index contributed by atoms with van der Waals surface area (Å²) >= 11 is 0. The number of morpholine rings is 1. The van der Waals surface area contributed by atoms with Gasteiger partial charge in [-0.25, -0.2) is 0 Å². The summed E-state index contributed by atoms with van der Waals surface area (Å²) in [5.41, 5.74) is 2.68. The Labute approximate surface area is 114 Å². The second kappa shape index (κ2) is 6.37. The summed E-state index contributed by atoms with van der Waals surface area (Å²) in [6, 6.07) is 6.52. The fraction of sp³-hybridized carbons (Fsp3) is 0.600. The topological polar surface area (TPSA) is 42.5 Å². The van der Waals surface area contributed by atoms with Crippen LogP contribution in [0.4, 0.5) is 0 Å². The molecule has 2 heterocycles. The molecule has 0 saturated carbocycles. The first-order valence-corrected chi connectivity index (χ1v) is 7.19. The molecule has 1 aromatic rings. The van der Waals surface area contributed by atoms with Crippen LogP contribution in [0.5, 0.6) is 5.75 Å². The Bertz CT molecular complexity index is 417. The first kappa shape index (κ1) is 12.9. The molecule has 0 aliphatic carbocycles. The van der Waals surface area contributed by atoms with Crippen molar-refractivity contribution >= 4 is 0 Å². The second-order valence-electron chi connectivity index (χ2n) is 5.22. The van der Waals surface area contributed by atoms with Crippen molar-refractivity contribution in [1.82, 2.24) is 10.6 Å². The Morgan fingerprint density at radius 1 is 1.32 bits per heavy atom. The maximum Gasteiger partial charge on any atom is 0.122 e. The Morgan fingerprint density at radius 2 is 2.32 bits per heavy atom. The molecule has 3 rings (SSSR count). The van der Waals surface area contributed by atoms with Crippen LogP contribution >= 0.6 is 0 Å². The van der Waals surface area contributed by atoms with E-state index in [-0.39, 0.29) is 0 Å². The molecule has 2 aliphatic rings. The number of nitrogens with one attached hydrogen (secondary N) is 2. The standard InChI is InChI=1S/C15H22N2O2/c1-2-13-8-12(3-4-15(13)19-6-1)9-17-11-14-10-16-5-7-18-14/h3-4,8,14,16-17H,1-2,5-7,9-11H2. The zero-order chi connectivity index (χ0) is 12.9. The molecule has 0 bridgehead atoms. The van der Waals surface area contributed by atoms with Crippen LogP contribution in [0.2, 0.25) is 0 Å². The number of rotatable bonds is 4. The third-order valence-electron chi connectivity index (χ3n) is 3.68. The van der Waals surface area contributed by atoms with E-state index in [1.165, 1.54) is 11.1 Å². The van der Waals surface area contributed by atoms with E-state index in [0.717, 1.165) is 58.0 Å². The number of fused-ring (bicyclic) bond motifs is 1. The molecule has 104 valence electrons. The van der Waals surface area contributed by atoms with E-state index in [4.69, 9.17) is 9.47 Å². The van der Waals surface area contributed by atoms with Gasteiger partial charge in [-0.1, -0.05) is 12.1 Å². The van der Waals surface area contributed by atoms with Crippen molar-refractivity contribution in [3.05, 3.63) is 29.3 Å². The van der Waals surface area contributed by atoms with Crippen LogP contribution in [0.15, 0.2) is 18.2 Å². The monoisotopic (exact) mass is 262 g/mol. The molecule has 0 aromatic heterocycles. The molecule has 0 radical (unpaired) electrons. The molecule has 0 spiro atoms. The molecule has 2 aliphatic heterocycles. The van der Waals surface area contributed by atoms with Crippen molar-refractivity contribution < 1.29 is 9.47 Å². The highest BCUT2D eigenvalue weighted by Gasteiger charge is 2.13. The van der Waals surface area contributed by atoms with Gasteiger partial charge in [0.25, 0.3) is 0 Å². The van der Waals surface area contributed by atoms with E-state index in [9.17, 15) is 0 Å². The molecule has 1 saturated heterocycles. The summed E-state index contributed by atoms with van der Waals surface area (Å²) in [4.78, 5) is 0. The molecule has 1 aromatic carbocycles. The third kappa shape index (κ3) is 3.47. The smallest absolute Gasteiger partial charge is 0.122 e. The lowest BCUT2D eigenvalue weighted by atomic mass is 10.0. The summed E-state index contributed by atoms with van der Waals surface area (Å²) in [5.74, 6) is 1.06. The number of hydrogen-bond acceptors (Lipinski definition) is 4. The van der Waals surface area contributed by atoms with Gasteiger partial charge >= 0.3 is 0 Å². The van der Waals surface area contributed by atoms with E-state index >= 15 is 0 Å². The van der Waals surface area contributed by atoms with Crippen LogP contribution in [0.3, 0.4) is 0 Å². The van der Waals surface area contributed by atoms with Crippen LogP contribution in [0.1, 0.15) is 17.5 Å². The lowest BCUT2D eigenvalue weighted by Crippen LogP contribution is -2.43. The van der Waals surface area contributed by atoms with Gasteiger partial charge in [0.2, 0.25) is 0 Å². The fourth-order valence-electron chi connectivity index (χ4n) is 2.65. The van der Waals surface area contributed by atoms with Crippen molar-refractivity contribution in [2.75, 3.05) is 32.8 Å². The molecule has 1 atom stereocenters. The quantitative estimate of drug-likeness (QED) is 0.852. The molecule has 0 amide bonds. The lowest BCUT2D eigenvalue weighted by Gasteiger charge is -2.24. The minimum Gasteiger partial charge on any atom is -0.493 e. The largest absolute Gasteiger partial charge is 0.493 e. The fourth-order valence-corrected chi connectivity index (χ4v) is 2.65. The van der Waals surface area contributed by atoms with Crippen molar-refractivity contribution in [2.24, 2.45) is 0 Å². The minimum atomic E-state index is 0.301. The summed E-state index contributed by atoms with van der Waals surface area (Å²) in [6.07, 6.45) is 2.57. The highest BCUT2D eigenvalue weighted by molar-refractivity contribution is 5.38. The van der Waals surface area contributed by atoms with Gasteiger partial charge in [0.15, 0.2) is 0 Å². The van der Waals surface area contributed by atoms with E-state index in [0.29, 0.717) is 6.10 Å². The summed E-state index contributed by atoms with van der Waals surface area (Å²) in [7, 11) is 0. The highest BCUT2D eigenvalue weighted by Crippen LogP contribution is 2.25. The Kier molecular flexibility index (Phi) is 4.33. The molecule has 1 unspecified atom stereocenters. The average molecular weight is 262 g/mol. The van der Waals surface area contributed by atoms with E-state index in [1.54, 1.807) is 0 Å². The Balaban J connectivity index is 1.49. The summed E-state index contributed by atoms with van der Waals surface area (Å²) < 4.78 is 11.3. The molecule has 4 nitrogen and oxygen atoms in total. The van der Waals surface area contributed by atoms with Crippen molar-refractivity contribution in [3.63, 3.8) is 0 Å². The van der Waals surface area contributed by atoms with E-state index in [1.807, 2.05) is 0 Å². The Morgan fingerprint density at radius 3 is 3.21 bits per heavy atom. The predicted octanol–water partition coefficient (Wildman–Crippen LogP) is 1.09. The molecular formula is C15H22N2O2. The molecule has 1 fully saturated rings. The lowest BCUT2D eigenvalue weighted by molar-refractivity contribution is 0.0290. The minimum absolute atomic E-state index is 0.301. The maximum absolute atomic E-state index is 5.66. The predicted molar refractivity (Wildman–Crippen MR) is 74.6 cm³/mol. The SMILES string of the molecule is c1cc2c(cc1CNCC1CNCCO1)CCCO2. The maximum atomic E-state index is 5.66. The zero-order valence-electron chi connectivity index (χ0n) is 11.3. The van der Waals surface area contributed by atoms with Gasteiger partial charge in [0, 0.05) is 26.2 Å². The normalized spacial score (nSPS) is 22.6. The van der Waals surface area contributed by atoms with Gasteiger partial charge in [-0.05, 0) is 30.0 Å². The van der Waals surface area contributed by atoms with Gasteiger partial charge in [-0.2, -0.15) is 0 Å². The van der Waals surface area contributed by atoms with E-state index in [2.05, 4.69) is 28.8 Å². The van der Waals surface area contributed by atoms with Gasteiger partial charge in [-0.15, -0.1) is 0 Å². The van der Waals surface area contributed by atoms with E-state index < -0.39 is 0 Å². The van der Waals surface area contributed by atoms with Gasteiger partial charge in [0.1, 0.15) is 5.75 Å². The molecule has 19 heavy (non-hydrogen) atoms. The van der Waals surface area contributed by atoms with Gasteiger partial charge in [0.05, 0.1) is 19.3 Å².